The summed E-state index contributed by atoms with van der Waals surface area (Å²) in [6.07, 6.45) is 10.8. The van der Waals surface area contributed by atoms with Gasteiger partial charge in [-0.3, -0.25) is 0 Å². The Bertz CT molecular complexity index is 712. The summed E-state index contributed by atoms with van der Waals surface area (Å²) >= 11 is 12.3. The van der Waals surface area contributed by atoms with Gasteiger partial charge in [-0.25, -0.2) is 4.79 Å². The Morgan fingerprint density at radius 1 is 1.07 bits per heavy atom. The van der Waals surface area contributed by atoms with E-state index in [0.717, 1.165) is 12.8 Å². The van der Waals surface area contributed by atoms with Gasteiger partial charge in [-0.15, -0.1) is 0 Å². The summed E-state index contributed by atoms with van der Waals surface area (Å²) in [6.45, 7) is 6.90. The highest BCUT2D eigenvalue weighted by molar-refractivity contribution is 6.40. The van der Waals surface area contributed by atoms with E-state index in [1.165, 1.54) is 58.1 Å². The minimum atomic E-state index is -0.597. The van der Waals surface area contributed by atoms with Crippen LogP contribution in [0, 0.1) is 17.3 Å². The Kier molecular flexibility index (Phi) is 10.8. The molecule has 5 heteroatoms. The molecular formula is C23H33Cl2NO2. The Hall–Kier alpha value is -1.37. The molecule has 0 atom stereocenters. The molecule has 1 aromatic carbocycles. The van der Waals surface area contributed by atoms with Crippen molar-refractivity contribution in [2.75, 3.05) is 12.8 Å². The van der Waals surface area contributed by atoms with Crippen LogP contribution in [0.2, 0.25) is 10.0 Å². The van der Waals surface area contributed by atoms with Crippen molar-refractivity contribution in [3.63, 3.8) is 0 Å². The average Bonchev–Trinajstić information content (AvgIpc) is 2.60. The first-order valence-electron chi connectivity index (χ1n) is 10.0. The van der Waals surface area contributed by atoms with E-state index in [1.54, 1.807) is 0 Å². The predicted octanol–water partition coefficient (Wildman–Crippen LogP) is 7.27. The number of esters is 1. The zero-order chi connectivity index (χ0) is 21.2. The van der Waals surface area contributed by atoms with Crippen molar-refractivity contribution in [1.29, 1.82) is 0 Å². The number of nitrogen functional groups attached to an aromatic ring is 1. The van der Waals surface area contributed by atoms with Gasteiger partial charge in [0.05, 0.1) is 34.0 Å². The zero-order valence-corrected chi connectivity index (χ0v) is 19.1. The molecule has 0 fully saturated rings. The maximum absolute atomic E-state index is 11.8. The summed E-state index contributed by atoms with van der Waals surface area (Å²) in [7, 11) is 1.28. The van der Waals surface area contributed by atoms with Crippen molar-refractivity contribution in [1.82, 2.24) is 0 Å². The molecule has 0 radical (unpaired) electrons. The molecule has 0 heterocycles. The molecule has 0 aliphatic heterocycles. The molecule has 0 saturated heterocycles. The van der Waals surface area contributed by atoms with E-state index in [9.17, 15) is 4.79 Å². The molecule has 0 bridgehead atoms. The molecule has 0 saturated carbocycles. The van der Waals surface area contributed by atoms with Crippen molar-refractivity contribution < 1.29 is 9.53 Å². The Labute approximate surface area is 180 Å². The summed E-state index contributed by atoms with van der Waals surface area (Å²) < 4.78 is 4.72. The molecule has 0 amide bonds. The number of anilines is 1. The van der Waals surface area contributed by atoms with Gasteiger partial charge in [0, 0.05) is 6.42 Å². The number of unbranched alkanes of at least 4 members (excludes halogenated alkanes) is 7. The number of carbonyl (C=O) groups is 1. The van der Waals surface area contributed by atoms with E-state index >= 15 is 0 Å². The molecule has 2 N–H and O–H groups in total. The van der Waals surface area contributed by atoms with Crippen LogP contribution in [0.4, 0.5) is 5.69 Å². The Morgan fingerprint density at radius 3 is 2.21 bits per heavy atom. The fourth-order valence-electron chi connectivity index (χ4n) is 2.96. The predicted molar refractivity (Wildman–Crippen MR) is 120 cm³/mol. The fourth-order valence-corrected chi connectivity index (χ4v) is 3.63. The number of methoxy groups -OCH3 is 1. The smallest absolute Gasteiger partial charge is 0.340 e. The van der Waals surface area contributed by atoms with Crippen molar-refractivity contribution in [3.8, 4) is 11.8 Å². The van der Waals surface area contributed by atoms with Gasteiger partial charge < -0.3 is 10.5 Å². The summed E-state index contributed by atoms with van der Waals surface area (Å²) in [5.74, 6) is 5.50. The van der Waals surface area contributed by atoms with Crippen molar-refractivity contribution in [2.24, 2.45) is 5.41 Å². The van der Waals surface area contributed by atoms with Crippen LogP contribution in [0.1, 0.15) is 94.5 Å². The largest absolute Gasteiger partial charge is 0.465 e. The molecule has 0 aliphatic carbocycles. The molecule has 0 aliphatic rings. The maximum Gasteiger partial charge on any atom is 0.340 e. The van der Waals surface area contributed by atoms with Crippen LogP contribution < -0.4 is 5.73 Å². The summed E-state index contributed by atoms with van der Waals surface area (Å²) in [5, 5.41) is 0.321. The second-order valence-corrected chi connectivity index (χ2v) is 9.13. The topological polar surface area (TPSA) is 52.3 Å². The number of hydrogen-bond acceptors (Lipinski definition) is 3. The molecule has 156 valence electrons. The van der Waals surface area contributed by atoms with Crippen molar-refractivity contribution >= 4 is 34.9 Å². The van der Waals surface area contributed by atoms with E-state index < -0.39 is 5.97 Å². The van der Waals surface area contributed by atoms with Gasteiger partial charge in [0.25, 0.3) is 0 Å². The molecule has 1 aromatic rings. The van der Waals surface area contributed by atoms with Gasteiger partial charge in [-0.05, 0) is 24.3 Å². The highest BCUT2D eigenvalue weighted by Gasteiger charge is 2.20. The second kappa shape index (κ2) is 12.2. The molecule has 3 nitrogen and oxygen atoms in total. The highest BCUT2D eigenvalue weighted by atomic mass is 35.5. The molecule has 28 heavy (non-hydrogen) atoms. The van der Waals surface area contributed by atoms with E-state index in [4.69, 9.17) is 33.7 Å². The quantitative estimate of drug-likeness (QED) is 0.195. The fraction of sp³-hybridized carbons (Fsp3) is 0.609. The molecule has 1 rings (SSSR count). The van der Waals surface area contributed by atoms with E-state index in [1.807, 2.05) is 0 Å². The maximum atomic E-state index is 11.8. The molecule has 0 unspecified atom stereocenters. The third-order valence-electron chi connectivity index (χ3n) is 4.58. The lowest BCUT2D eigenvalue weighted by molar-refractivity contribution is 0.0601. The number of ether oxygens (including phenoxy) is 1. The Balaban J connectivity index is 2.39. The number of halogens is 2. The SMILES string of the molecule is COC(=O)c1c(Cl)cc(N)c(C#CCCCCCCCCCC(C)(C)C)c1Cl. The van der Waals surface area contributed by atoms with Gasteiger partial charge >= 0.3 is 5.97 Å². The van der Waals surface area contributed by atoms with Gasteiger partial charge in [0.1, 0.15) is 0 Å². The number of carbonyl (C=O) groups excluding carboxylic acids is 1. The van der Waals surface area contributed by atoms with Crippen LogP contribution in [0.5, 0.6) is 0 Å². The lowest BCUT2D eigenvalue weighted by atomic mass is 9.89. The van der Waals surface area contributed by atoms with Crippen LogP contribution in [0.3, 0.4) is 0 Å². The van der Waals surface area contributed by atoms with Gasteiger partial charge in [-0.2, -0.15) is 0 Å². The normalized spacial score (nSPS) is 11.1. The lowest BCUT2D eigenvalue weighted by Crippen LogP contribution is -2.06. The van der Waals surface area contributed by atoms with Gasteiger partial charge in [0.2, 0.25) is 0 Å². The Morgan fingerprint density at radius 2 is 1.64 bits per heavy atom. The van der Waals surface area contributed by atoms with Crippen LogP contribution >= 0.6 is 23.2 Å². The summed E-state index contributed by atoms with van der Waals surface area (Å²) in [5.41, 5.74) is 7.32. The monoisotopic (exact) mass is 425 g/mol. The minimum Gasteiger partial charge on any atom is -0.465 e. The first-order chi connectivity index (χ1) is 13.2. The first-order valence-corrected chi connectivity index (χ1v) is 10.8. The van der Waals surface area contributed by atoms with Crippen molar-refractivity contribution in [2.45, 2.75) is 78.6 Å². The number of nitrogens with two attached hydrogens (primary N) is 1. The van der Waals surface area contributed by atoms with Gasteiger partial charge in [0.15, 0.2) is 0 Å². The molecule has 0 aromatic heterocycles. The molecule has 0 spiro atoms. The summed E-state index contributed by atoms with van der Waals surface area (Å²) in [4.78, 5) is 11.8. The van der Waals surface area contributed by atoms with E-state index in [-0.39, 0.29) is 15.6 Å². The van der Waals surface area contributed by atoms with Crippen LogP contribution in [-0.2, 0) is 4.74 Å². The van der Waals surface area contributed by atoms with Crippen LogP contribution in [0.15, 0.2) is 6.07 Å². The van der Waals surface area contributed by atoms with Crippen LogP contribution in [-0.4, -0.2) is 13.1 Å². The second-order valence-electron chi connectivity index (χ2n) is 8.34. The zero-order valence-electron chi connectivity index (χ0n) is 17.6. The van der Waals surface area contributed by atoms with E-state index in [0.29, 0.717) is 16.7 Å². The number of hydrogen-bond donors (Lipinski definition) is 1. The van der Waals surface area contributed by atoms with Gasteiger partial charge in [-0.1, -0.05) is 94.3 Å². The first kappa shape index (κ1) is 24.7. The number of benzene rings is 1. The average molecular weight is 426 g/mol. The van der Waals surface area contributed by atoms with Crippen molar-refractivity contribution in [3.05, 3.63) is 27.2 Å². The highest BCUT2D eigenvalue weighted by Crippen LogP contribution is 2.32. The van der Waals surface area contributed by atoms with Crippen LogP contribution in [0.25, 0.3) is 0 Å². The van der Waals surface area contributed by atoms with E-state index in [2.05, 4.69) is 32.6 Å². The minimum absolute atomic E-state index is 0.107. The summed E-state index contributed by atoms with van der Waals surface area (Å²) in [6, 6.07) is 1.49. The lowest BCUT2D eigenvalue weighted by Gasteiger charge is -2.17. The third-order valence-corrected chi connectivity index (χ3v) is 5.26. The third kappa shape index (κ3) is 8.76. The molecular weight excluding hydrogens is 393 g/mol. The standard InChI is InChI=1S/C23H33Cl2NO2/c1-23(2,3)15-13-11-9-7-5-6-8-10-12-14-17-19(26)16-18(24)20(21(17)25)22(27)28-4/h16H,5-11,13,15,26H2,1-4H3. The number of rotatable bonds is 9.